The Morgan fingerprint density at radius 1 is 1.29 bits per heavy atom. The molecule has 0 fully saturated rings. The zero-order valence-electron chi connectivity index (χ0n) is 11.2. The molecule has 2 N–H and O–H groups in total. The summed E-state index contributed by atoms with van der Waals surface area (Å²) in [5, 5.41) is 0. The van der Waals surface area contributed by atoms with Crippen molar-refractivity contribution < 1.29 is 13.2 Å². The summed E-state index contributed by atoms with van der Waals surface area (Å²) in [5.74, 6) is 0.0513. The Balaban J connectivity index is 4.28. The van der Waals surface area contributed by atoms with Gasteiger partial charge in [-0.15, -0.1) is 0 Å². The van der Waals surface area contributed by atoms with Crippen molar-refractivity contribution in [1.82, 2.24) is 4.31 Å². The van der Waals surface area contributed by atoms with Crippen LogP contribution in [-0.4, -0.2) is 50.8 Å². The van der Waals surface area contributed by atoms with Crippen LogP contribution in [0.3, 0.4) is 0 Å². The van der Waals surface area contributed by atoms with Crippen molar-refractivity contribution in [2.75, 3.05) is 32.0 Å². The van der Waals surface area contributed by atoms with Crippen LogP contribution in [0.4, 0.5) is 0 Å². The Labute approximate surface area is 105 Å². The van der Waals surface area contributed by atoms with Gasteiger partial charge in [-0.3, -0.25) is 0 Å². The Bertz CT molecular complexity index is 278. The maximum atomic E-state index is 12.0. The van der Waals surface area contributed by atoms with Gasteiger partial charge in [0.05, 0.1) is 18.5 Å². The first-order chi connectivity index (χ1) is 7.94. The normalized spacial score (nSPS) is 12.6. The van der Waals surface area contributed by atoms with Crippen molar-refractivity contribution in [1.29, 1.82) is 0 Å². The number of hydrogen-bond donors (Lipinski definition) is 1. The molecule has 6 heteroatoms. The molecule has 0 rings (SSSR count). The summed E-state index contributed by atoms with van der Waals surface area (Å²) in [7, 11) is -3.20. The zero-order valence-corrected chi connectivity index (χ0v) is 12.0. The Kier molecular flexibility index (Phi) is 8.77. The molecule has 0 aliphatic heterocycles. The van der Waals surface area contributed by atoms with Crippen LogP contribution >= 0.6 is 0 Å². The molecule has 0 aromatic heterocycles. The van der Waals surface area contributed by atoms with E-state index in [1.807, 2.05) is 20.8 Å². The maximum absolute atomic E-state index is 12.0. The number of nitrogens with two attached hydrogens (primary N) is 1. The standard InChI is InChI=1S/C11H26N2O3S/c1-4-7-13(8-5-6-12)17(14,15)10-9-16-11(2)3/h11H,4-10,12H2,1-3H3. The van der Waals surface area contributed by atoms with Gasteiger partial charge in [-0.2, -0.15) is 0 Å². The molecule has 0 aliphatic carbocycles. The minimum Gasteiger partial charge on any atom is -0.378 e. The highest BCUT2D eigenvalue weighted by atomic mass is 32.2. The van der Waals surface area contributed by atoms with Gasteiger partial charge in [-0.05, 0) is 33.2 Å². The van der Waals surface area contributed by atoms with Crippen molar-refractivity contribution in [2.24, 2.45) is 5.73 Å². The summed E-state index contributed by atoms with van der Waals surface area (Å²) in [6.45, 7) is 7.59. The fourth-order valence-corrected chi connectivity index (χ4v) is 2.86. The highest BCUT2D eigenvalue weighted by Crippen LogP contribution is 2.05. The third kappa shape index (κ3) is 7.70. The summed E-state index contributed by atoms with van der Waals surface area (Å²) in [6.07, 6.45) is 1.58. The van der Waals surface area contributed by atoms with Crippen LogP contribution in [0.2, 0.25) is 0 Å². The first-order valence-corrected chi connectivity index (χ1v) is 7.84. The van der Waals surface area contributed by atoms with Crippen molar-refractivity contribution in [3.63, 3.8) is 0 Å². The Morgan fingerprint density at radius 2 is 1.94 bits per heavy atom. The van der Waals surface area contributed by atoms with Gasteiger partial charge in [0, 0.05) is 13.1 Å². The first kappa shape index (κ1) is 16.8. The van der Waals surface area contributed by atoms with Gasteiger partial charge in [0.1, 0.15) is 0 Å². The molecular formula is C11H26N2O3S. The number of rotatable bonds is 10. The number of sulfonamides is 1. The molecule has 0 saturated carbocycles. The molecule has 0 aromatic carbocycles. The lowest BCUT2D eigenvalue weighted by molar-refractivity contribution is 0.0907. The van der Waals surface area contributed by atoms with E-state index >= 15 is 0 Å². The van der Waals surface area contributed by atoms with Crippen molar-refractivity contribution in [2.45, 2.75) is 39.7 Å². The molecule has 0 aromatic rings. The lowest BCUT2D eigenvalue weighted by Gasteiger charge is -2.21. The predicted molar refractivity (Wildman–Crippen MR) is 70.4 cm³/mol. The maximum Gasteiger partial charge on any atom is 0.216 e. The topological polar surface area (TPSA) is 72.6 Å². The predicted octanol–water partition coefficient (Wildman–Crippen LogP) is 0.802. The lowest BCUT2D eigenvalue weighted by atomic mass is 10.4. The van der Waals surface area contributed by atoms with Crippen LogP contribution in [0, 0.1) is 0 Å². The van der Waals surface area contributed by atoms with E-state index in [9.17, 15) is 8.42 Å². The summed E-state index contributed by atoms with van der Waals surface area (Å²) in [4.78, 5) is 0. The van der Waals surface area contributed by atoms with Crippen LogP contribution in [-0.2, 0) is 14.8 Å². The Morgan fingerprint density at radius 3 is 2.41 bits per heavy atom. The quantitative estimate of drug-likeness (QED) is 0.635. The smallest absolute Gasteiger partial charge is 0.216 e. The summed E-state index contributed by atoms with van der Waals surface area (Å²) < 4.78 is 30.8. The second kappa shape index (κ2) is 8.85. The summed E-state index contributed by atoms with van der Waals surface area (Å²) in [5.41, 5.74) is 5.41. The number of ether oxygens (including phenoxy) is 1. The van der Waals surface area contributed by atoms with E-state index in [1.54, 1.807) is 0 Å². The van der Waals surface area contributed by atoms with E-state index < -0.39 is 10.0 Å². The average Bonchev–Trinajstić information content (AvgIpc) is 2.23. The molecule has 0 unspecified atom stereocenters. The van der Waals surface area contributed by atoms with Crippen LogP contribution in [0.1, 0.15) is 33.6 Å². The van der Waals surface area contributed by atoms with E-state index in [0.29, 0.717) is 26.1 Å². The molecule has 17 heavy (non-hydrogen) atoms. The van der Waals surface area contributed by atoms with Gasteiger partial charge in [0.25, 0.3) is 0 Å². The largest absolute Gasteiger partial charge is 0.378 e. The highest BCUT2D eigenvalue weighted by molar-refractivity contribution is 7.89. The summed E-state index contributed by atoms with van der Waals surface area (Å²) >= 11 is 0. The van der Waals surface area contributed by atoms with Crippen molar-refractivity contribution in [3.05, 3.63) is 0 Å². The van der Waals surface area contributed by atoms with Gasteiger partial charge < -0.3 is 10.5 Å². The fraction of sp³-hybridized carbons (Fsp3) is 1.00. The van der Waals surface area contributed by atoms with Crippen LogP contribution in [0.25, 0.3) is 0 Å². The highest BCUT2D eigenvalue weighted by Gasteiger charge is 2.20. The molecule has 104 valence electrons. The van der Waals surface area contributed by atoms with Gasteiger partial charge in [0.15, 0.2) is 0 Å². The molecule has 0 spiro atoms. The average molecular weight is 266 g/mol. The van der Waals surface area contributed by atoms with E-state index in [2.05, 4.69) is 0 Å². The van der Waals surface area contributed by atoms with Crippen molar-refractivity contribution in [3.8, 4) is 0 Å². The van der Waals surface area contributed by atoms with Gasteiger partial charge >= 0.3 is 0 Å². The zero-order chi connectivity index (χ0) is 13.3. The van der Waals surface area contributed by atoms with Crippen LogP contribution in [0.5, 0.6) is 0 Å². The molecule has 0 atom stereocenters. The molecule has 0 radical (unpaired) electrons. The van der Waals surface area contributed by atoms with Gasteiger partial charge in [-0.25, -0.2) is 12.7 Å². The molecule has 0 bridgehead atoms. The third-order valence-electron chi connectivity index (χ3n) is 2.27. The third-order valence-corrected chi connectivity index (χ3v) is 4.11. The van der Waals surface area contributed by atoms with Gasteiger partial charge in [0.2, 0.25) is 10.0 Å². The van der Waals surface area contributed by atoms with E-state index in [0.717, 1.165) is 6.42 Å². The first-order valence-electron chi connectivity index (χ1n) is 6.23. The second-order valence-corrected chi connectivity index (χ2v) is 6.37. The van der Waals surface area contributed by atoms with Crippen molar-refractivity contribution >= 4 is 10.0 Å². The van der Waals surface area contributed by atoms with E-state index in [1.165, 1.54) is 4.31 Å². The van der Waals surface area contributed by atoms with E-state index in [4.69, 9.17) is 10.5 Å². The SMILES string of the molecule is CCCN(CCCN)S(=O)(=O)CCOC(C)C. The molecule has 5 nitrogen and oxygen atoms in total. The summed E-state index contributed by atoms with van der Waals surface area (Å²) in [6, 6.07) is 0. The Hall–Kier alpha value is -0.170. The fourth-order valence-electron chi connectivity index (χ4n) is 1.43. The van der Waals surface area contributed by atoms with Gasteiger partial charge in [-0.1, -0.05) is 6.92 Å². The lowest BCUT2D eigenvalue weighted by Crippen LogP contribution is -2.36. The molecule has 0 saturated heterocycles. The van der Waals surface area contributed by atoms with Crippen LogP contribution < -0.4 is 5.73 Å². The second-order valence-electron chi connectivity index (χ2n) is 4.28. The molecular weight excluding hydrogens is 240 g/mol. The number of nitrogens with zero attached hydrogens (tertiary/aromatic N) is 1. The minimum absolute atomic E-state index is 0.0513. The molecule has 0 amide bonds. The number of hydrogen-bond acceptors (Lipinski definition) is 4. The monoisotopic (exact) mass is 266 g/mol. The van der Waals surface area contributed by atoms with E-state index in [-0.39, 0.29) is 18.5 Å². The molecule has 0 aliphatic rings. The minimum atomic E-state index is -3.20. The van der Waals surface area contributed by atoms with Crippen LogP contribution in [0.15, 0.2) is 0 Å². The molecule has 0 heterocycles.